The van der Waals surface area contributed by atoms with Crippen molar-refractivity contribution >= 4 is 32.3 Å². The van der Waals surface area contributed by atoms with Crippen LogP contribution in [0.25, 0.3) is 32.3 Å². The molecule has 6 heteroatoms. The van der Waals surface area contributed by atoms with Gasteiger partial charge >= 0.3 is 0 Å². The van der Waals surface area contributed by atoms with Gasteiger partial charge in [-0.3, -0.25) is 28.3 Å². The molecule has 0 aliphatic rings. The monoisotopic (exact) mass is 476 g/mol. The molecule has 0 amide bonds. The molecule has 0 aliphatic carbocycles. The summed E-state index contributed by atoms with van der Waals surface area (Å²) in [5.74, 6) is 0.463. The van der Waals surface area contributed by atoms with Crippen molar-refractivity contribution in [3.05, 3.63) is 64.7 Å². The molecule has 0 bridgehead atoms. The number of unbranched alkanes of at least 4 members (excludes halogenated alkanes) is 1. The Labute approximate surface area is 204 Å². The van der Waals surface area contributed by atoms with Crippen LogP contribution in [0.4, 0.5) is 0 Å². The SMILES string of the molecule is CCCCC(CC)Cn1c(=O)c2c(C)cc3c(cc(C)c4c(=O)n(CC(C)CC)c(=O)c43)c2c1=O. The average Bonchev–Trinajstić information content (AvgIpc) is 3.23. The number of aromatic nitrogens is 2. The van der Waals surface area contributed by atoms with E-state index in [9.17, 15) is 19.2 Å². The summed E-state index contributed by atoms with van der Waals surface area (Å²) in [7, 11) is 0. The summed E-state index contributed by atoms with van der Waals surface area (Å²) in [5, 5.41) is 2.78. The van der Waals surface area contributed by atoms with Gasteiger partial charge in [0, 0.05) is 13.1 Å². The maximum atomic E-state index is 13.6. The van der Waals surface area contributed by atoms with Crippen molar-refractivity contribution in [3.8, 4) is 0 Å². The van der Waals surface area contributed by atoms with E-state index in [1.807, 2.05) is 32.9 Å². The first-order valence-corrected chi connectivity index (χ1v) is 13.0. The predicted octanol–water partition coefficient (Wildman–Crippen LogP) is 4.94. The third kappa shape index (κ3) is 3.97. The van der Waals surface area contributed by atoms with Gasteiger partial charge in [0.2, 0.25) is 0 Å². The van der Waals surface area contributed by atoms with Gasteiger partial charge in [-0.1, -0.05) is 53.4 Å². The molecule has 186 valence electrons. The van der Waals surface area contributed by atoms with Crippen LogP contribution in [-0.4, -0.2) is 9.13 Å². The highest BCUT2D eigenvalue weighted by molar-refractivity contribution is 6.18. The number of benzene rings is 2. The molecule has 2 aromatic carbocycles. The van der Waals surface area contributed by atoms with Crippen molar-refractivity contribution in [2.75, 3.05) is 0 Å². The Morgan fingerprint density at radius 1 is 0.686 bits per heavy atom. The van der Waals surface area contributed by atoms with E-state index in [2.05, 4.69) is 13.8 Å². The first kappa shape index (κ1) is 25.1. The van der Waals surface area contributed by atoms with Crippen molar-refractivity contribution in [2.24, 2.45) is 11.8 Å². The largest absolute Gasteiger partial charge is 0.274 e. The zero-order valence-corrected chi connectivity index (χ0v) is 21.8. The number of fused-ring (bicyclic) bond motifs is 5. The Kier molecular flexibility index (Phi) is 6.85. The molecule has 35 heavy (non-hydrogen) atoms. The zero-order chi connectivity index (χ0) is 25.6. The van der Waals surface area contributed by atoms with Crippen LogP contribution < -0.4 is 22.2 Å². The van der Waals surface area contributed by atoms with Gasteiger partial charge in [-0.15, -0.1) is 0 Å². The lowest BCUT2D eigenvalue weighted by atomic mass is 9.95. The molecule has 2 aromatic heterocycles. The summed E-state index contributed by atoms with van der Waals surface area (Å²) in [6.45, 7) is 12.7. The van der Waals surface area contributed by atoms with Gasteiger partial charge in [-0.25, -0.2) is 0 Å². The van der Waals surface area contributed by atoms with Gasteiger partial charge in [0.25, 0.3) is 22.2 Å². The quantitative estimate of drug-likeness (QED) is 0.343. The van der Waals surface area contributed by atoms with Crippen LogP contribution >= 0.6 is 0 Å². The molecule has 6 nitrogen and oxygen atoms in total. The van der Waals surface area contributed by atoms with Gasteiger partial charge in [0.1, 0.15) is 0 Å². The van der Waals surface area contributed by atoms with Crippen molar-refractivity contribution in [3.63, 3.8) is 0 Å². The predicted molar refractivity (Wildman–Crippen MR) is 145 cm³/mol. The van der Waals surface area contributed by atoms with E-state index in [0.717, 1.165) is 32.1 Å². The molecule has 2 unspecified atom stereocenters. The van der Waals surface area contributed by atoms with E-state index < -0.39 is 0 Å². The van der Waals surface area contributed by atoms with Crippen LogP contribution in [0.15, 0.2) is 31.3 Å². The minimum Gasteiger partial charge on any atom is -0.274 e. The van der Waals surface area contributed by atoms with E-state index in [1.165, 1.54) is 9.13 Å². The molecule has 0 N–H and O–H groups in total. The molecule has 4 rings (SSSR count). The third-order valence-electron chi connectivity index (χ3n) is 7.85. The summed E-state index contributed by atoms with van der Waals surface area (Å²) in [6.07, 6.45) is 4.90. The number of rotatable bonds is 9. The van der Waals surface area contributed by atoms with Crippen molar-refractivity contribution in [1.29, 1.82) is 0 Å². The maximum absolute atomic E-state index is 13.6. The molecule has 0 spiro atoms. The molecular formula is C29H36N2O4. The summed E-state index contributed by atoms with van der Waals surface area (Å²) in [4.78, 5) is 53.8. The summed E-state index contributed by atoms with van der Waals surface area (Å²) < 4.78 is 2.73. The van der Waals surface area contributed by atoms with Crippen LogP contribution in [0.2, 0.25) is 0 Å². The summed E-state index contributed by atoms with van der Waals surface area (Å²) in [5.41, 5.74) is 0.212. The minimum absolute atomic E-state index is 0.196. The Balaban J connectivity index is 2.06. The topological polar surface area (TPSA) is 78.1 Å². The van der Waals surface area contributed by atoms with Gasteiger partial charge in [0.15, 0.2) is 0 Å². The highest BCUT2D eigenvalue weighted by Crippen LogP contribution is 2.31. The fourth-order valence-electron chi connectivity index (χ4n) is 5.48. The molecular weight excluding hydrogens is 440 g/mol. The molecule has 2 heterocycles. The van der Waals surface area contributed by atoms with E-state index in [4.69, 9.17) is 0 Å². The Morgan fingerprint density at radius 2 is 1.14 bits per heavy atom. The number of hydrogen-bond donors (Lipinski definition) is 0. The zero-order valence-electron chi connectivity index (χ0n) is 21.8. The van der Waals surface area contributed by atoms with Crippen LogP contribution in [0.1, 0.15) is 70.9 Å². The van der Waals surface area contributed by atoms with Crippen LogP contribution in [0, 0.1) is 25.7 Å². The van der Waals surface area contributed by atoms with Crippen molar-refractivity contribution < 1.29 is 0 Å². The highest BCUT2D eigenvalue weighted by atomic mass is 16.2. The molecule has 0 saturated carbocycles. The van der Waals surface area contributed by atoms with E-state index in [-0.39, 0.29) is 34.1 Å². The standard InChI is InChI=1S/C29H36N2O4/c1-7-10-11-19(9-3)15-31-27(33)23-18(6)13-20-21(25(23)29(31)35)12-17(5)22-24(20)28(34)30(26(22)32)14-16(4)8-2/h12-13,16,19H,7-11,14-15H2,1-6H3. The molecule has 0 radical (unpaired) electrons. The first-order valence-electron chi connectivity index (χ1n) is 13.0. The third-order valence-corrected chi connectivity index (χ3v) is 7.85. The van der Waals surface area contributed by atoms with Gasteiger partial charge in [-0.05, 0) is 66.1 Å². The Hall–Kier alpha value is -3.02. The second-order valence-electron chi connectivity index (χ2n) is 10.4. The smallest absolute Gasteiger partial charge is 0.262 e. The second-order valence-corrected chi connectivity index (χ2v) is 10.4. The second kappa shape index (κ2) is 9.56. The molecule has 0 aliphatic heterocycles. The van der Waals surface area contributed by atoms with Gasteiger partial charge < -0.3 is 0 Å². The van der Waals surface area contributed by atoms with Gasteiger partial charge in [0.05, 0.1) is 21.5 Å². The normalized spacial score (nSPS) is 13.9. The Morgan fingerprint density at radius 3 is 1.57 bits per heavy atom. The van der Waals surface area contributed by atoms with Crippen LogP contribution in [-0.2, 0) is 13.1 Å². The number of hydrogen-bond acceptors (Lipinski definition) is 4. The molecule has 0 fully saturated rings. The summed E-state index contributed by atoms with van der Waals surface area (Å²) >= 11 is 0. The van der Waals surface area contributed by atoms with E-state index in [1.54, 1.807) is 6.92 Å². The lowest BCUT2D eigenvalue weighted by Gasteiger charge is -2.13. The van der Waals surface area contributed by atoms with Crippen LogP contribution in [0.5, 0.6) is 0 Å². The average molecular weight is 477 g/mol. The van der Waals surface area contributed by atoms with Crippen molar-refractivity contribution in [2.45, 2.75) is 86.7 Å². The molecule has 2 atom stereocenters. The van der Waals surface area contributed by atoms with E-state index in [0.29, 0.717) is 56.5 Å². The van der Waals surface area contributed by atoms with Crippen molar-refractivity contribution in [1.82, 2.24) is 9.13 Å². The molecule has 4 aromatic rings. The molecule has 0 saturated heterocycles. The lowest BCUT2D eigenvalue weighted by molar-refractivity contribution is 0.384. The fourth-order valence-corrected chi connectivity index (χ4v) is 5.48. The van der Waals surface area contributed by atoms with E-state index >= 15 is 0 Å². The summed E-state index contributed by atoms with van der Waals surface area (Å²) in [6, 6.07) is 3.63. The number of aryl methyl sites for hydroxylation is 2. The Bertz CT molecular complexity index is 1630. The van der Waals surface area contributed by atoms with Gasteiger partial charge in [-0.2, -0.15) is 0 Å². The number of nitrogens with zero attached hydrogens (tertiary/aromatic N) is 2. The minimum atomic E-state index is -0.308. The maximum Gasteiger partial charge on any atom is 0.262 e. The first-order chi connectivity index (χ1) is 16.7. The van der Waals surface area contributed by atoms with Crippen LogP contribution in [0.3, 0.4) is 0 Å². The highest BCUT2D eigenvalue weighted by Gasteiger charge is 2.24. The lowest BCUT2D eigenvalue weighted by Crippen LogP contribution is -2.29. The fraction of sp³-hybridized carbons (Fsp3) is 0.517.